The van der Waals surface area contributed by atoms with E-state index in [1.807, 2.05) is 38.3 Å². The molecule has 0 aliphatic carbocycles. The number of benzene rings is 2. The van der Waals surface area contributed by atoms with Crippen LogP contribution in [0.5, 0.6) is 11.5 Å². The van der Waals surface area contributed by atoms with Gasteiger partial charge in [0.2, 0.25) is 0 Å². The van der Waals surface area contributed by atoms with E-state index in [0.717, 1.165) is 53.9 Å². The van der Waals surface area contributed by atoms with Crippen molar-refractivity contribution >= 4 is 40.9 Å². The molecule has 2 aromatic rings. The van der Waals surface area contributed by atoms with E-state index < -0.39 is 5.41 Å². The molecule has 4 rings (SSSR count). The number of amidine groups is 1. The molecule has 2 aromatic carbocycles. The highest BCUT2D eigenvalue weighted by Gasteiger charge is 2.33. The molecule has 32 heavy (non-hydrogen) atoms. The molecule has 0 radical (unpaired) electrons. The molecule has 0 atom stereocenters. The van der Waals surface area contributed by atoms with Crippen molar-refractivity contribution < 1.29 is 14.3 Å². The Morgan fingerprint density at radius 2 is 1.91 bits per heavy atom. The van der Waals surface area contributed by atoms with Gasteiger partial charge >= 0.3 is 5.97 Å². The van der Waals surface area contributed by atoms with E-state index in [2.05, 4.69) is 28.0 Å². The predicted octanol–water partition coefficient (Wildman–Crippen LogP) is 5.06. The number of esters is 1. The molecular formula is C24H28ClN3O3S. The third kappa shape index (κ3) is 4.75. The molecular weight excluding hydrogens is 446 g/mol. The first-order valence-electron chi connectivity index (χ1n) is 10.6. The Kier molecular flexibility index (Phi) is 6.70. The first-order chi connectivity index (χ1) is 15.3. The Balaban J connectivity index is 1.60. The normalized spacial score (nSPS) is 16.4. The van der Waals surface area contributed by atoms with E-state index in [0.29, 0.717) is 17.3 Å². The summed E-state index contributed by atoms with van der Waals surface area (Å²) in [5.41, 5.74) is 1.20. The standard InChI is InChI=1S/C24H28ClN3O3S/c1-24(2,23(29)30-3)15-27-9-11-28(12-10-27)22-18-7-6-17(32-4)14-20(18)31-21-13-16(25)5-8-19(21)26-22/h5-8,13-14H,9-12,15H2,1-4H3. The number of ether oxygens (including phenoxy) is 2. The van der Waals surface area contributed by atoms with E-state index in [1.165, 1.54) is 7.11 Å². The van der Waals surface area contributed by atoms with Gasteiger partial charge in [-0.05, 0) is 50.4 Å². The van der Waals surface area contributed by atoms with Crippen molar-refractivity contribution in [2.45, 2.75) is 18.7 Å². The molecule has 2 aliphatic heterocycles. The summed E-state index contributed by atoms with van der Waals surface area (Å²) < 4.78 is 11.2. The number of halogens is 1. The zero-order chi connectivity index (χ0) is 22.9. The summed E-state index contributed by atoms with van der Waals surface area (Å²) in [4.78, 5) is 22.8. The number of methoxy groups -OCH3 is 1. The SMILES string of the molecule is COC(=O)C(C)(C)CN1CCN(C2=Nc3ccc(Cl)cc3Oc3cc(SC)ccc32)CC1. The minimum absolute atomic E-state index is 0.181. The minimum Gasteiger partial charge on any atom is -0.469 e. The van der Waals surface area contributed by atoms with Crippen LogP contribution in [0.2, 0.25) is 5.02 Å². The zero-order valence-corrected chi connectivity index (χ0v) is 20.4. The summed E-state index contributed by atoms with van der Waals surface area (Å²) in [5, 5.41) is 0.617. The molecule has 2 heterocycles. The first-order valence-corrected chi connectivity index (χ1v) is 12.2. The maximum Gasteiger partial charge on any atom is 0.312 e. The molecule has 0 spiro atoms. The number of hydrogen-bond donors (Lipinski definition) is 0. The van der Waals surface area contributed by atoms with E-state index in [4.69, 9.17) is 26.1 Å². The fourth-order valence-corrected chi connectivity index (χ4v) is 4.70. The molecule has 1 fully saturated rings. The highest BCUT2D eigenvalue weighted by Crippen LogP contribution is 2.41. The van der Waals surface area contributed by atoms with Crippen LogP contribution in [-0.4, -0.2) is 67.7 Å². The Morgan fingerprint density at radius 3 is 2.59 bits per heavy atom. The Morgan fingerprint density at radius 1 is 1.16 bits per heavy atom. The molecule has 0 aromatic heterocycles. The van der Waals surface area contributed by atoms with Crippen LogP contribution < -0.4 is 4.74 Å². The number of thioether (sulfide) groups is 1. The maximum atomic E-state index is 12.1. The summed E-state index contributed by atoms with van der Waals surface area (Å²) in [6, 6.07) is 11.8. The van der Waals surface area contributed by atoms with Gasteiger partial charge in [-0.15, -0.1) is 11.8 Å². The second-order valence-electron chi connectivity index (χ2n) is 8.65. The van der Waals surface area contributed by atoms with Crippen LogP contribution in [0, 0.1) is 5.41 Å². The molecule has 0 amide bonds. The molecule has 0 unspecified atom stereocenters. The summed E-state index contributed by atoms with van der Waals surface area (Å²) in [7, 11) is 1.44. The fraction of sp³-hybridized carbons (Fsp3) is 0.417. The molecule has 170 valence electrons. The van der Waals surface area contributed by atoms with Crippen molar-refractivity contribution in [2.75, 3.05) is 46.1 Å². The number of carbonyl (C=O) groups is 1. The minimum atomic E-state index is -0.538. The topological polar surface area (TPSA) is 54.4 Å². The van der Waals surface area contributed by atoms with Gasteiger partial charge in [-0.2, -0.15) is 0 Å². The number of fused-ring (bicyclic) bond motifs is 2. The van der Waals surface area contributed by atoms with E-state index >= 15 is 0 Å². The summed E-state index contributed by atoms with van der Waals surface area (Å²) in [6.45, 7) is 7.82. The van der Waals surface area contributed by atoms with Crippen LogP contribution >= 0.6 is 23.4 Å². The van der Waals surface area contributed by atoms with Crippen molar-refractivity contribution in [3.63, 3.8) is 0 Å². The van der Waals surface area contributed by atoms with E-state index in [1.54, 1.807) is 11.8 Å². The van der Waals surface area contributed by atoms with Gasteiger partial charge < -0.3 is 14.4 Å². The molecule has 0 N–H and O–H groups in total. The predicted molar refractivity (Wildman–Crippen MR) is 130 cm³/mol. The lowest BCUT2D eigenvalue weighted by Gasteiger charge is -2.39. The molecule has 8 heteroatoms. The van der Waals surface area contributed by atoms with Gasteiger partial charge in [-0.25, -0.2) is 4.99 Å². The van der Waals surface area contributed by atoms with Crippen LogP contribution in [0.4, 0.5) is 5.69 Å². The molecule has 0 bridgehead atoms. The van der Waals surface area contributed by atoms with Crippen LogP contribution in [0.15, 0.2) is 46.3 Å². The van der Waals surface area contributed by atoms with Crippen molar-refractivity contribution in [3.05, 3.63) is 47.0 Å². The van der Waals surface area contributed by atoms with Gasteiger partial charge in [0.1, 0.15) is 17.3 Å². The molecule has 1 saturated heterocycles. The van der Waals surface area contributed by atoms with Gasteiger partial charge in [0.15, 0.2) is 5.75 Å². The number of carbonyl (C=O) groups excluding carboxylic acids is 1. The zero-order valence-electron chi connectivity index (χ0n) is 18.9. The van der Waals surface area contributed by atoms with E-state index in [9.17, 15) is 4.79 Å². The quantitative estimate of drug-likeness (QED) is 0.457. The monoisotopic (exact) mass is 473 g/mol. The molecule has 2 aliphatic rings. The van der Waals surface area contributed by atoms with Crippen molar-refractivity contribution in [2.24, 2.45) is 10.4 Å². The average Bonchev–Trinajstić information content (AvgIpc) is 2.94. The third-order valence-corrected chi connectivity index (χ3v) is 6.79. The maximum absolute atomic E-state index is 12.1. The summed E-state index contributed by atoms with van der Waals surface area (Å²) in [5.74, 6) is 2.16. The number of hydrogen-bond acceptors (Lipinski definition) is 7. The van der Waals surface area contributed by atoms with Gasteiger partial charge in [-0.1, -0.05) is 11.6 Å². The largest absolute Gasteiger partial charge is 0.469 e. The third-order valence-electron chi connectivity index (χ3n) is 5.83. The van der Waals surface area contributed by atoms with Crippen molar-refractivity contribution in [3.8, 4) is 11.5 Å². The van der Waals surface area contributed by atoms with Crippen molar-refractivity contribution in [1.29, 1.82) is 0 Å². The number of nitrogens with zero attached hydrogens (tertiary/aromatic N) is 3. The highest BCUT2D eigenvalue weighted by molar-refractivity contribution is 7.98. The number of rotatable bonds is 4. The van der Waals surface area contributed by atoms with Gasteiger partial charge in [0, 0.05) is 48.7 Å². The Hall–Kier alpha value is -2.22. The van der Waals surface area contributed by atoms with Crippen LogP contribution in [0.1, 0.15) is 19.4 Å². The number of aliphatic imine (C=N–C) groups is 1. The van der Waals surface area contributed by atoms with Crippen LogP contribution in [-0.2, 0) is 9.53 Å². The fourth-order valence-electron chi connectivity index (χ4n) is 4.11. The average molecular weight is 474 g/mol. The van der Waals surface area contributed by atoms with E-state index in [-0.39, 0.29) is 5.97 Å². The van der Waals surface area contributed by atoms with Crippen molar-refractivity contribution in [1.82, 2.24) is 9.80 Å². The molecule has 6 nitrogen and oxygen atoms in total. The number of piperazine rings is 1. The lowest BCUT2D eigenvalue weighted by Crippen LogP contribution is -2.52. The van der Waals surface area contributed by atoms with Gasteiger partial charge in [-0.3, -0.25) is 9.69 Å². The lowest BCUT2D eigenvalue weighted by atomic mass is 9.92. The molecule has 0 saturated carbocycles. The Bertz CT molecular complexity index is 1050. The first kappa shape index (κ1) is 23.0. The van der Waals surface area contributed by atoms with Gasteiger partial charge in [0.05, 0.1) is 18.1 Å². The van der Waals surface area contributed by atoms with Gasteiger partial charge in [0.25, 0.3) is 0 Å². The summed E-state index contributed by atoms with van der Waals surface area (Å²) >= 11 is 7.90. The smallest absolute Gasteiger partial charge is 0.312 e. The Labute approximate surface area is 198 Å². The highest BCUT2D eigenvalue weighted by atomic mass is 35.5. The second kappa shape index (κ2) is 9.33. The van der Waals surface area contributed by atoms with Crippen LogP contribution in [0.25, 0.3) is 0 Å². The second-order valence-corrected chi connectivity index (χ2v) is 9.97. The lowest BCUT2D eigenvalue weighted by molar-refractivity contribution is -0.152. The summed E-state index contributed by atoms with van der Waals surface area (Å²) in [6.07, 6.45) is 2.05. The van der Waals surface area contributed by atoms with Crippen LogP contribution in [0.3, 0.4) is 0 Å².